The van der Waals surface area contributed by atoms with Crippen molar-refractivity contribution < 1.29 is 9.53 Å². The summed E-state index contributed by atoms with van der Waals surface area (Å²) in [5, 5.41) is 3.28. The highest BCUT2D eigenvalue weighted by Crippen LogP contribution is 2.25. The molecule has 5 nitrogen and oxygen atoms in total. The molecule has 0 atom stereocenters. The van der Waals surface area contributed by atoms with Crippen LogP contribution in [0.3, 0.4) is 0 Å². The molecule has 0 spiro atoms. The van der Waals surface area contributed by atoms with Gasteiger partial charge in [0.05, 0.1) is 0 Å². The van der Waals surface area contributed by atoms with Gasteiger partial charge in [0.25, 0.3) is 5.91 Å². The highest BCUT2D eigenvalue weighted by molar-refractivity contribution is 7.80. The second-order valence-electron chi connectivity index (χ2n) is 5.57. The highest BCUT2D eigenvalue weighted by Gasteiger charge is 2.11. The molecule has 3 N–H and O–H groups in total. The summed E-state index contributed by atoms with van der Waals surface area (Å²) in [4.78, 5) is 11.8. The number of hydrazine groups is 1. The molecule has 0 saturated carbocycles. The van der Waals surface area contributed by atoms with Crippen molar-refractivity contribution in [1.29, 1.82) is 0 Å². The Hall–Kier alpha value is -2.60. The monoisotopic (exact) mass is 341 g/mol. The molecule has 0 bridgehead atoms. The largest absolute Gasteiger partial charge is 0.484 e. The van der Waals surface area contributed by atoms with E-state index in [-0.39, 0.29) is 12.5 Å². The molecule has 0 fully saturated rings. The number of benzene rings is 2. The lowest BCUT2D eigenvalue weighted by molar-refractivity contribution is -0.123. The van der Waals surface area contributed by atoms with Crippen molar-refractivity contribution >= 4 is 28.9 Å². The maximum Gasteiger partial charge on any atom is 0.276 e. The number of para-hydroxylation sites is 1. The number of carbonyl (C=O) groups excluding carboxylic acids is 1. The fraction of sp³-hybridized carbons (Fsp3) is 0.222. The van der Waals surface area contributed by atoms with E-state index in [1.54, 1.807) is 0 Å². The van der Waals surface area contributed by atoms with Crippen LogP contribution in [0, 0.1) is 0 Å². The number of hydrogen-bond donors (Lipinski definition) is 3. The van der Waals surface area contributed by atoms with Crippen LogP contribution in [-0.2, 0) is 17.6 Å². The van der Waals surface area contributed by atoms with Crippen LogP contribution in [0.15, 0.2) is 48.5 Å². The SMILES string of the molecule is O=C(COc1ccc2c(c1)CCC2)NNC(=S)Nc1ccccc1. The van der Waals surface area contributed by atoms with Gasteiger partial charge in [-0.25, -0.2) is 0 Å². The summed E-state index contributed by atoms with van der Waals surface area (Å²) in [7, 11) is 0. The molecule has 2 aromatic carbocycles. The Morgan fingerprint density at radius 2 is 1.83 bits per heavy atom. The van der Waals surface area contributed by atoms with Crippen LogP contribution in [-0.4, -0.2) is 17.6 Å². The fourth-order valence-electron chi connectivity index (χ4n) is 2.63. The molecule has 1 aliphatic rings. The zero-order valence-corrected chi connectivity index (χ0v) is 14.0. The van der Waals surface area contributed by atoms with E-state index in [0.29, 0.717) is 5.11 Å². The Bertz CT molecular complexity index is 734. The smallest absolute Gasteiger partial charge is 0.276 e. The Morgan fingerprint density at radius 1 is 1.04 bits per heavy atom. The summed E-state index contributed by atoms with van der Waals surface area (Å²) in [6.45, 7) is -0.0697. The molecule has 0 heterocycles. The normalized spacial score (nSPS) is 12.2. The van der Waals surface area contributed by atoms with Gasteiger partial charge >= 0.3 is 0 Å². The minimum Gasteiger partial charge on any atom is -0.484 e. The maximum atomic E-state index is 11.8. The number of amides is 1. The zero-order valence-electron chi connectivity index (χ0n) is 13.2. The summed E-state index contributed by atoms with van der Waals surface area (Å²) in [6, 6.07) is 15.5. The predicted molar refractivity (Wildman–Crippen MR) is 97.9 cm³/mol. The molecule has 2 aromatic rings. The summed E-state index contributed by atoms with van der Waals surface area (Å²) >= 11 is 5.11. The number of fused-ring (bicyclic) bond motifs is 1. The van der Waals surface area contributed by atoms with Gasteiger partial charge in [-0.3, -0.25) is 15.6 Å². The Morgan fingerprint density at radius 3 is 2.67 bits per heavy atom. The molecule has 1 amide bonds. The van der Waals surface area contributed by atoms with Crippen LogP contribution in [0.4, 0.5) is 5.69 Å². The number of rotatable bonds is 4. The predicted octanol–water partition coefficient (Wildman–Crippen LogP) is 2.57. The number of hydrogen-bond acceptors (Lipinski definition) is 3. The molecule has 0 radical (unpaired) electrons. The molecule has 3 rings (SSSR count). The molecule has 0 aromatic heterocycles. The zero-order chi connectivity index (χ0) is 16.8. The minimum atomic E-state index is -0.298. The summed E-state index contributed by atoms with van der Waals surface area (Å²) in [6.07, 6.45) is 3.40. The van der Waals surface area contributed by atoms with Gasteiger partial charge in [0, 0.05) is 5.69 Å². The van der Waals surface area contributed by atoms with E-state index in [0.717, 1.165) is 24.3 Å². The van der Waals surface area contributed by atoms with Crippen molar-refractivity contribution in [3.8, 4) is 5.75 Å². The van der Waals surface area contributed by atoms with E-state index in [2.05, 4.69) is 22.2 Å². The van der Waals surface area contributed by atoms with Crippen molar-refractivity contribution in [2.45, 2.75) is 19.3 Å². The van der Waals surface area contributed by atoms with Gasteiger partial charge in [0.1, 0.15) is 5.75 Å². The lowest BCUT2D eigenvalue weighted by Gasteiger charge is -2.12. The minimum absolute atomic E-state index is 0.0697. The van der Waals surface area contributed by atoms with Crippen molar-refractivity contribution in [3.63, 3.8) is 0 Å². The van der Waals surface area contributed by atoms with Crippen LogP contribution < -0.4 is 20.9 Å². The van der Waals surface area contributed by atoms with Crippen LogP contribution in [0.2, 0.25) is 0 Å². The Labute approximate surface area is 146 Å². The molecule has 124 valence electrons. The second-order valence-corrected chi connectivity index (χ2v) is 5.97. The van der Waals surface area contributed by atoms with Gasteiger partial charge in [-0.1, -0.05) is 24.3 Å². The van der Waals surface area contributed by atoms with Crippen LogP contribution >= 0.6 is 12.2 Å². The first-order chi connectivity index (χ1) is 11.7. The molecule has 24 heavy (non-hydrogen) atoms. The molecule has 6 heteroatoms. The van der Waals surface area contributed by atoms with E-state index in [1.807, 2.05) is 42.5 Å². The topological polar surface area (TPSA) is 62.4 Å². The summed E-state index contributed by atoms with van der Waals surface area (Å²) in [5.74, 6) is 0.420. The van der Waals surface area contributed by atoms with Gasteiger partial charge in [0.2, 0.25) is 0 Å². The van der Waals surface area contributed by atoms with Gasteiger partial charge in [-0.15, -0.1) is 0 Å². The summed E-state index contributed by atoms with van der Waals surface area (Å²) in [5.41, 5.74) is 8.70. The van der Waals surface area contributed by atoms with Crippen molar-refractivity contribution in [1.82, 2.24) is 10.9 Å². The maximum absolute atomic E-state index is 11.8. The van der Waals surface area contributed by atoms with Crippen molar-refractivity contribution in [2.75, 3.05) is 11.9 Å². The van der Waals surface area contributed by atoms with Crippen molar-refractivity contribution in [3.05, 3.63) is 59.7 Å². The number of carbonyl (C=O) groups is 1. The lowest BCUT2D eigenvalue weighted by Crippen LogP contribution is -2.45. The lowest BCUT2D eigenvalue weighted by atomic mass is 10.1. The average molecular weight is 341 g/mol. The molecular formula is C18H19N3O2S. The van der Waals surface area contributed by atoms with E-state index < -0.39 is 0 Å². The number of thiocarbonyl (C=S) groups is 1. The van der Waals surface area contributed by atoms with E-state index >= 15 is 0 Å². The second kappa shape index (κ2) is 7.79. The molecule has 0 saturated heterocycles. The van der Waals surface area contributed by atoms with Crippen molar-refractivity contribution in [2.24, 2.45) is 0 Å². The van der Waals surface area contributed by atoms with Gasteiger partial charge < -0.3 is 10.1 Å². The Balaban J connectivity index is 1.40. The quantitative estimate of drug-likeness (QED) is 0.589. The number of anilines is 1. The standard InChI is InChI=1S/C18H19N3O2S/c22-17(20-21-18(24)19-15-7-2-1-3-8-15)12-23-16-10-9-13-5-4-6-14(13)11-16/h1-3,7-11H,4-6,12H2,(H,20,22)(H2,19,21,24). The molecule has 0 unspecified atom stereocenters. The van der Waals surface area contributed by atoms with Crippen LogP contribution in [0.25, 0.3) is 0 Å². The van der Waals surface area contributed by atoms with E-state index in [9.17, 15) is 4.79 Å². The molecule has 1 aliphatic carbocycles. The van der Waals surface area contributed by atoms with Gasteiger partial charge in [-0.2, -0.15) is 0 Å². The average Bonchev–Trinajstić information content (AvgIpc) is 3.07. The van der Waals surface area contributed by atoms with E-state index in [1.165, 1.54) is 17.5 Å². The molecule has 0 aliphatic heterocycles. The third kappa shape index (κ3) is 4.45. The third-order valence-electron chi connectivity index (χ3n) is 3.79. The first kappa shape index (κ1) is 16.3. The van der Waals surface area contributed by atoms with Gasteiger partial charge in [-0.05, 0) is 66.9 Å². The molecular weight excluding hydrogens is 322 g/mol. The number of nitrogens with one attached hydrogen (secondary N) is 3. The number of aryl methyl sites for hydroxylation is 2. The Kier molecular flexibility index (Phi) is 5.28. The first-order valence-electron chi connectivity index (χ1n) is 7.86. The fourth-order valence-corrected chi connectivity index (χ4v) is 2.80. The summed E-state index contributed by atoms with van der Waals surface area (Å²) < 4.78 is 5.53. The van der Waals surface area contributed by atoms with Gasteiger partial charge in [0.15, 0.2) is 11.7 Å². The number of ether oxygens (including phenoxy) is 1. The highest BCUT2D eigenvalue weighted by atomic mass is 32.1. The van der Waals surface area contributed by atoms with Crippen LogP contribution in [0.1, 0.15) is 17.5 Å². The first-order valence-corrected chi connectivity index (χ1v) is 8.27. The van der Waals surface area contributed by atoms with Crippen LogP contribution in [0.5, 0.6) is 5.75 Å². The van der Waals surface area contributed by atoms with E-state index in [4.69, 9.17) is 17.0 Å². The third-order valence-corrected chi connectivity index (χ3v) is 3.99.